The van der Waals surface area contributed by atoms with Gasteiger partial charge in [0.15, 0.2) is 0 Å². The van der Waals surface area contributed by atoms with Gasteiger partial charge in [0.05, 0.1) is 0 Å². The number of hydrogen-bond donors (Lipinski definition) is 0. The van der Waals surface area contributed by atoms with E-state index in [9.17, 15) is 0 Å². The molecule has 0 amide bonds. The van der Waals surface area contributed by atoms with E-state index in [2.05, 4.69) is 88.6 Å². The Bertz CT molecular complexity index is 555. The van der Waals surface area contributed by atoms with Crippen LogP contribution in [0, 0.1) is 11.5 Å². The van der Waals surface area contributed by atoms with Gasteiger partial charge in [0.2, 0.25) is 0 Å². The molecule has 0 radical (unpaired) electrons. The molecule has 4 heteroatoms. The summed E-state index contributed by atoms with van der Waals surface area (Å²) in [5.74, 6) is 3.78. The van der Waals surface area contributed by atoms with Crippen LogP contribution in [0.1, 0.15) is 91.9 Å². The summed E-state index contributed by atoms with van der Waals surface area (Å²) in [6.07, 6.45) is 15.4. The van der Waals surface area contributed by atoms with E-state index >= 15 is 0 Å². The minimum atomic E-state index is -2.26. The van der Waals surface area contributed by atoms with Crippen molar-refractivity contribution in [1.29, 1.82) is 0 Å². The Hall–Kier alpha value is 0.492. The number of hydrogen-bond acceptors (Lipinski definition) is 1. The van der Waals surface area contributed by atoms with Gasteiger partial charge in [0.25, 0.3) is 0 Å². The Morgan fingerprint density at radius 2 is 1.22 bits per heavy atom. The van der Waals surface area contributed by atoms with Crippen molar-refractivity contribution in [3.63, 3.8) is 0 Å². The summed E-state index contributed by atoms with van der Waals surface area (Å²) in [5, 5.41) is 0. The predicted octanol–water partition coefficient (Wildman–Crippen LogP) is 9.98. The average Bonchev–Trinajstić information content (AvgIpc) is 2.70. The fourth-order valence-corrected chi connectivity index (χ4v) is 20.8. The van der Waals surface area contributed by atoms with E-state index in [1.807, 2.05) is 0 Å². The molecule has 1 nitrogen and oxygen atoms in total. The number of unbranched alkanes of at least 4 members (excludes halogenated alkanes) is 4. The van der Waals surface area contributed by atoms with Gasteiger partial charge in [-0.1, -0.05) is 0 Å². The molecule has 0 saturated heterocycles. The van der Waals surface area contributed by atoms with Crippen LogP contribution in [-0.4, -0.2) is 40.4 Å². The third kappa shape index (κ3) is 15.4. The van der Waals surface area contributed by atoms with Gasteiger partial charge in [-0.2, -0.15) is 0 Å². The van der Waals surface area contributed by atoms with Crippen LogP contribution in [0.2, 0.25) is 52.6 Å². The zero-order valence-corrected chi connectivity index (χ0v) is 28.6. The van der Waals surface area contributed by atoms with Gasteiger partial charge in [-0.25, -0.2) is 0 Å². The first kappa shape index (κ1) is 32.5. The molecule has 0 aromatic heterocycles. The topological polar surface area (TPSA) is 9.23 Å². The van der Waals surface area contributed by atoms with Crippen LogP contribution in [0.3, 0.4) is 0 Å². The van der Waals surface area contributed by atoms with Gasteiger partial charge < -0.3 is 0 Å². The zero-order chi connectivity index (χ0) is 24.7. The minimum absolute atomic E-state index is 0.269. The Balaban J connectivity index is 6.07. The molecule has 1 atom stereocenters. The Morgan fingerprint density at radius 1 is 0.750 bits per heavy atom. The van der Waals surface area contributed by atoms with Crippen LogP contribution in [0.25, 0.3) is 0 Å². The van der Waals surface area contributed by atoms with E-state index in [1.54, 1.807) is 13.3 Å². The van der Waals surface area contributed by atoms with Gasteiger partial charge in [-0.3, -0.25) is 0 Å². The fraction of sp³-hybridized carbons (Fsp3) is 0.857. The summed E-state index contributed by atoms with van der Waals surface area (Å²) in [7, 11) is -3.15. The summed E-state index contributed by atoms with van der Waals surface area (Å²) >= 11 is -2.26. The van der Waals surface area contributed by atoms with Crippen molar-refractivity contribution in [3.8, 4) is 11.5 Å². The van der Waals surface area contributed by atoms with Crippen LogP contribution in [0.5, 0.6) is 0 Å². The van der Waals surface area contributed by atoms with Gasteiger partial charge in [0, 0.05) is 0 Å². The molecule has 0 N–H and O–H groups in total. The molecule has 0 aromatic rings. The Kier molecular flexibility index (Phi) is 16.5. The predicted molar refractivity (Wildman–Crippen MR) is 156 cm³/mol. The summed E-state index contributed by atoms with van der Waals surface area (Å²) in [6.45, 7) is 23.5. The van der Waals surface area contributed by atoms with Crippen molar-refractivity contribution in [3.05, 3.63) is 10.2 Å². The first-order valence-electron chi connectivity index (χ1n) is 13.8. The summed E-state index contributed by atoms with van der Waals surface area (Å²) in [6, 6.07) is 0. The van der Waals surface area contributed by atoms with Gasteiger partial charge in [-0.15, -0.1) is 0 Å². The van der Waals surface area contributed by atoms with Crippen LogP contribution in [0.15, 0.2) is 10.2 Å². The van der Waals surface area contributed by atoms with Crippen molar-refractivity contribution in [1.82, 2.24) is 0 Å². The van der Waals surface area contributed by atoms with E-state index < -0.39 is 34.8 Å². The molecule has 0 saturated carbocycles. The third-order valence-electron chi connectivity index (χ3n) is 6.10. The van der Waals surface area contributed by atoms with Crippen LogP contribution >= 0.6 is 0 Å². The second-order valence-electron chi connectivity index (χ2n) is 12.1. The molecule has 1 unspecified atom stereocenters. The fourth-order valence-electron chi connectivity index (χ4n) is 4.39. The van der Waals surface area contributed by atoms with Gasteiger partial charge in [-0.05, 0) is 0 Å². The maximum absolute atomic E-state index is 6.94. The molecule has 0 aliphatic heterocycles. The molecule has 188 valence electrons. The van der Waals surface area contributed by atoms with E-state index in [-0.39, 0.29) is 5.60 Å². The molecule has 32 heavy (non-hydrogen) atoms. The first-order valence-corrected chi connectivity index (χ1v) is 28.4. The van der Waals surface area contributed by atoms with Crippen LogP contribution < -0.4 is 0 Å². The quantitative estimate of drug-likeness (QED) is 0.122. The van der Waals surface area contributed by atoms with Crippen molar-refractivity contribution in [2.45, 2.75) is 150 Å². The van der Waals surface area contributed by atoms with Gasteiger partial charge >= 0.3 is 211 Å². The molecule has 0 rings (SSSR count). The standard InChI is InChI=1S/C16H31OSi2.3C4H9.Sn/c1-9-11-13-16(12-10-2,17-19(6,7)8)14-15-18(3,4)5;3*1-3-4-2;/h2,10H,9,11-13H2,1,3-8H3;3*1,3-4H2,2H3;. The number of rotatable bonds is 17. The molecule has 0 aliphatic carbocycles. The maximum atomic E-state index is 6.94. The molecule has 0 bridgehead atoms. The Morgan fingerprint density at radius 3 is 1.59 bits per heavy atom. The third-order valence-corrected chi connectivity index (χ3v) is 22.2. The van der Waals surface area contributed by atoms with Crippen molar-refractivity contribution < 1.29 is 4.43 Å². The van der Waals surface area contributed by atoms with Crippen molar-refractivity contribution in [2.24, 2.45) is 0 Å². The average molecular weight is 586 g/mol. The van der Waals surface area contributed by atoms with E-state index in [0.29, 0.717) is 0 Å². The van der Waals surface area contributed by atoms with E-state index in [1.165, 1.54) is 51.4 Å². The summed E-state index contributed by atoms with van der Waals surface area (Å²) < 4.78 is 14.4. The molecule has 0 fully saturated rings. The second-order valence-corrected chi connectivity index (χ2v) is 34.3. The molecule has 0 aliphatic rings. The monoisotopic (exact) mass is 586 g/mol. The van der Waals surface area contributed by atoms with Crippen LogP contribution in [0.4, 0.5) is 0 Å². The molecule has 0 aromatic carbocycles. The molecule has 0 spiro atoms. The van der Waals surface area contributed by atoms with Crippen molar-refractivity contribution >= 4 is 34.8 Å². The summed E-state index contributed by atoms with van der Waals surface area (Å²) in [5.41, 5.74) is 3.45. The SMILES string of the molecule is CCCCC(C#C[Si](C)(C)C)(C/C=[CH]/[Sn]([CH2]CCC)([CH2]CCC)[CH2]CCC)O[Si](C)(C)C. The zero-order valence-electron chi connectivity index (χ0n) is 23.8. The van der Waals surface area contributed by atoms with Gasteiger partial charge in [0.1, 0.15) is 0 Å². The van der Waals surface area contributed by atoms with E-state index in [4.69, 9.17) is 4.43 Å². The van der Waals surface area contributed by atoms with Crippen LogP contribution in [-0.2, 0) is 4.43 Å². The first-order chi connectivity index (χ1) is 14.9. The summed E-state index contributed by atoms with van der Waals surface area (Å²) in [4.78, 5) is 0. The van der Waals surface area contributed by atoms with E-state index in [0.717, 1.165) is 12.8 Å². The molecular weight excluding hydrogens is 527 g/mol. The normalized spacial score (nSPS) is 14.9. The molecule has 0 heterocycles. The second kappa shape index (κ2) is 16.2. The Labute approximate surface area is 210 Å². The molecular formula is C28H58OSi2Sn. The van der Waals surface area contributed by atoms with Crippen molar-refractivity contribution in [2.75, 3.05) is 0 Å².